The van der Waals surface area contributed by atoms with E-state index in [-0.39, 0.29) is 30.3 Å². The first-order valence-electron chi connectivity index (χ1n) is 13.9. The zero-order chi connectivity index (χ0) is 29.8. The van der Waals surface area contributed by atoms with Crippen LogP contribution in [0.5, 0.6) is 0 Å². The van der Waals surface area contributed by atoms with Crippen LogP contribution in [0.25, 0.3) is 10.8 Å². The number of amides is 2. The van der Waals surface area contributed by atoms with Crippen LogP contribution < -0.4 is 16.4 Å². The second-order valence-electron chi connectivity index (χ2n) is 10.2. The molecule has 3 rings (SSSR count). The highest BCUT2D eigenvalue weighted by Gasteiger charge is 2.28. The summed E-state index contributed by atoms with van der Waals surface area (Å²) in [7, 11) is 1.32. The third-order valence-electron chi connectivity index (χ3n) is 7.32. The standard InChI is InChI=1S/C30H42N6O4S/c1-5-20(2)26(35-29(38)28(31)25-15-32-19-33-25)17-36(16-22-11-8-10-21-9-6-7-12-23(21)22)18-27(37)34-24(13-14-41-4)30(39)40-3/h6-12,15,19-20,24,26,28H,5,13-14,16-18,31H2,1-4H3,(H,32,33)(H,34,37)(H,35,38)/t20-,24-,26+,28?/m0/s1. The second-order valence-corrected chi connectivity index (χ2v) is 11.2. The molecule has 0 aliphatic heterocycles. The fourth-order valence-corrected chi connectivity index (χ4v) is 5.18. The number of carbonyl (C=O) groups is 3. The van der Waals surface area contributed by atoms with Crippen molar-refractivity contribution < 1.29 is 19.1 Å². The molecule has 0 aliphatic carbocycles. The van der Waals surface area contributed by atoms with Gasteiger partial charge in [-0.3, -0.25) is 14.5 Å². The van der Waals surface area contributed by atoms with E-state index >= 15 is 0 Å². The minimum absolute atomic E-state index is 0.0331. The number of aromatic amines is 1. The summed E-state index contributed by atoms with van der Waals surface area (Å²) in [4.78, 5) is 47.7. The monoisotopic (exact) mass is 582 g/mol. The number of benzene rings is 2. The number of H-pyrrole nitrogens is 1. The van der Waals surface area contributed by atoms with Gasteiger partial charge in [0.15, 0.2) is 0 Å². The Kier molecular flexibility index (Phi) is 12.6. The molecule has 10 nitrogen and oxygen atoms in total. The number of esters is 1. The SMILES string of the molecule is CC[C@H](C)[C@@H](CN(CC(=O)N[C@@H](CCSC)C(=O)OC)Cc1cccc2ccccc12)NC(=O)C(N)c1cnc[nH]1. The van der Waals surface area contributed by atoms with E-state index in [1.807, 2.05) is 35.4 Å². The van der Waals surface area contributed by atoms with Crippen molar-refractivity contribution in [2.75, 3.05) is 32.2 Å². The lowest BCUT2D eigenvalue weighted by molar-refractivity contribution is -0.145. The molecule has 222 valence electrons. The Morgan fingerprint density at radius 2 is 1.90 bits per heavy atom. The first-order valence-corrected chi connectivity index (χ1v) is 15.3. The fraction of sp³-hybridized carbons (Fsp3) is 0.467. The summed E-state index contributed by atoms with van der Waals surface area (Å²) in [6.07, 6.45) is 6.26. The van der Waals surface area contributed by atoms with E-state index in [1.54, 1.807) is 11.8 Å². The van der Waals surface area contributed by atoms with E-state index in [9.17, 15) is 14.4 Å². The van der Waals surface area contributed by atoms with E-state index in [1.165, 1.54) is 19.6 Å². The molecule has 1 unspecified atom stereocenters. The van der Waals surface area contributed by atoms with Crippen molar-refractivity contribution in [1.82, 2.24) is 25.5 Å². The summed E-state index contributed by atoms with van der Waals surface area (Å²) in [5.74, 6) is -0.263. The van der Waals surface area contributed by atoms with Gasteiger partial charge in [-0.25, -0.2) is 9.78 Å². The van der Waals surface area contributed by atoms with Gasteiger partial charge in [0.1, 0.15) is 12.1 Å². The molecule has 1 aromatic heterocycles. The number of ether oxygens (including phenoxy) is 1. The molecule has 0 fully saturated rings. The van der Waals surface area contributed by atoms with Gasteiger partial charge in [-0.2, -0.15) is 11.8 Å². The summed E-state index contributed by atoms with van der Waals surface area (Å²) >= 11 is 1.60. The molecule has 41 heavy (non-hydrogen) atoms. The third kappa shape index (κ3) is 9.31. The number of methoxy groups -OCH3 is 1. The van der Waals surface area contributed by atoms with Crippen molar-refractivity contribution in [3.05, 3.63) is 66.2 Å². The fourth-order valence-electron chi connectivity index (χ4n) is 4.71. The van der Waals surface area contributed by atoms with Gasteiger partial charge in [0.2, 0.25) is 11.8 Å². The van der Waals surface area contributed by atoms with E-state index in [2.05, 4.69) is 52.6 Å². The Labute approximate surface area is 246 Å². The van der Waals surface area contributed by atoms with E-state index in [0.29, 0.717) is 31.0 Å². The summed E-state index contributed by atoms with van der Waals surface area (Å²) in [6, 6.07) is 12.3. The molecule has 0 radical (unpaired) electrons. The number of rotatable bonds is 16. The minimum atomic E-state index is -0.892. The van der Waals surface area contributed by atoms with Crippen molar-refractivity contribution >= 4 is 40.3 Å². The second kappa shape index (κ2) is 16.1. The maximum atomic E-state index is 13.3. The lowest BCUT2D eigenvalue weighted by Crippen LogP contribution is -2.52. The summed E-state index contributed by atoms with van der Waals surface area (Å²) < 4.78 is 4.92. The highest BCUT2D eigenvalue weighted by atomic mass is 32.2. The predicted molar refractivity (Wildman–Crippen MR) is 163 cm³/mol. The first kappa shape index (κ1) is 32.1. The molecule has 0 aliphatic rings. The van der Waals surface area contributed by atoms with Crippen LogP contribution in [0, 0.1) is 5.92 Å². The van der Waals surface area contributed by atoms with Gasteiger partial charge in [0.25, 0.3) is 0 Å². The molecule has 4 atom stereocenters. The molecule has 11 heteroatoms. The van der Waals surface area contributed by atoms with Crippen molar-refractivity contribution in [2.45, 2.75) is 51.4 Å². The Balaban J connectivity index is 1.85. The molecule has 5 N–H and O–H groups in total. The number of aromatic nitrogens is 2. The molecule has 2 amide bonds. The average molecular weight is 583 g/mol. The minimum Gasteiger partial charge on any atom is -0.467 e. The maximum absolute atomic E-state index is 13.3. The average Bonchev–Trinajstić information content (AvgIpc) is 3.53. The van der Waals surface area contributed by atoms with Gasteiger partial charge in [-0.1, -0.05) is 62.7 Å². The normalized spacial score (nSPS) is 14.3. The Morgan fingerprint density at radius 1 is 1.15 bits per heavy atom. The van der Waals surface area contributed by atoms with Gasteiger partial charge < -0.3 is 26.1 Å². The molecule has 0 bridgehead atoms. The molecule has 0 saturated heterocycles. The van der Waals surface area contributed by atoms with Crippen molar-refractivity contribution in [3.8, 4) is 0 Å². The zero-order valence-electron chi connectivity index (χ0n) is 24.3. The smallest absolute Gasteiger partial charge is 0.328 e. The summed E-state index contributed by atoms with van der Waals surface area (Å²) in [5.41, 5.74) is 7.79. The molecule has 2 aromatic carbocycles. The molecule has 1 heterocycles. The Bertz CT molecular complexity index is 1270. The number of imidazole rings is 1. The van der Waals surface area contributed by atoms with Crippen molar-refractivity contribution in [3.63, 3.8) is 0 Å². The molecular formula is C30H42N6O4S. The number of hydrogen-bond acceptors (Lipinski definition) is 8. The van der Waals surface area contributed by atoms with Crippen LogP contribution >= 0.6 is 11.8 Å². The van der Waals surface area contributed by atoms with Crippen LogP contribution in [-0.4, -0.2) is 76.9 Å². The molecule has 0 saturated carbocycles. The highest BCUT2D eigenvalue weighted by Crippen LogP contribution is 2.21. The van der Waals surface area contributed by atoms with Crippen LogP contribution in [0.15, 0.2) is 55.0 Å². The zero-order valence-corrected chi connectivity index (χ0v) is 25.1. The quantitative estimate of drug-likeness (QED) is 0.189. The number of hydrogen-bond donors (Lipinski definition) is 4. The number of carbonyl (C=O) groups excluding carboxylic acids is 3. The van der Waals surface area contributed by atoms with Gasteiger partial charge in [0, 0.05) is 19.1 Å². The van der Waals surface area contributed by atoms with Crippen LogP contribution in [0.3, 0.4) is 0 Å². The number of thioether (sulfide) groups is 1. The molecular weight excluding hydrogens is 540 g/mol. The molecule has 0 spiro atoms. The summed E-state index contributed by atoms with van der Waals surface area (Å²) in [6.45, 7) is 5.04. The summed E-state index contributed by atoms with van der Waals surface area (Å²) in [5, 5.41) is 8.18. The maximum Gasteiger partial charge on any atom is 0.328 e. The Hall–Kier alpha value is -3.41. The Morgan fingerprint density at radius 3 is 2.59 bits per heavy atom. The number of nitrogens with one attached hydrogen (secondary N) is 3. The lowest BCUT2D eigenvalue weighted by atomic mass is 9.97. The van der Waals surface area contributed by atoms with Gasteiger partial charge >= 0.3 is 5.97 Å². The van der Waals surface area contributed by atoms with Crippen molar-refractivity contribution in [1.29, 1.82) is 0 Å². The van der Waals surface area contributed by atoms with Crippen LogP contribution in [-0.2, 0) is 25.7 Å². The van der Waals surface area contributed by atoms with E-state index < -0.39 is 18.1 Å². The van der Waals surface area contributed by atoms with Gasteiger partial charge in [0.05, 0.1) is 31.9 Å². The number of nitrogens with zero attached hydrogens (tertiary/aromatic N) is 2. The van der Waals surface area contributed by atoms with Crippen LogP contribution in [0.4, 0.5) is 0 Å². The predicted octanol–water partition coefficient (Wildman–Crippen LogP) is 3.01. The van der Waals surface area contributed by atoms with Gasteiger partial charge in [-0.05, 0) is 40.7 Å². The van der Waals surface area contributed by atoms with Crippen LogP contribution in [0.1, 0.15) is 44.0 Å². The number of nitrogens with two attached hydrogens (primary N) is 1. The van der Waals surface area contributed by atoms with E-state index in [0.717, 1.165) is 22.8 Å². The van der Waals surface area contributed by atoms with Crippen LogP contribution in [0.2, 0.25) is 0 Å². The van der Waals surface area contributed by atoms with Gasteiger partial charge in [-0.15, -0.1) is 0 Å². The molecule has 3 aromatic rings. The largest absolute Gasteiger partial charge is 0.467 e. The third-order valence-corrected chi connectivity index (χ3v) is 7.97. The first-order chi connectivity index (χ1) is 19.8. The topological polar surface area (TPSA) is 142 Å². The number of fused-ring (bicyclic) bond motifs is 1. The van der Waals surface area contributed by atoms with Crippen molar-refractivity contribution in [2.24, 2.45) is 11.7 Å². The lowest BCUT2D eigenvalue weighted by Gasteiger charge is -2.32. The van der Waals surface area contributed by atoms with E-state index in [4.69, 9.17) is 10.5 Å². The highest BCUT2D eigenvalue weighted by molar-refractivity contribution is 7.98.